The molecule has 1 aromatic rings. The number of ketones is 1. The Bertz CT molecular complexity index is 829. The van der Waals surface area contributed by atoms with Crippen LogP contribution in [0.4, 0.5) is 0 Å². The second-order valence-corrected chi connectivity index (χ2v) is 8.58. The standard InChI is InChI=1S/C12H13N3O7S/c1-12(4-15-5(10(17)18)3-13-14-15)9(11(19)20)8-6(16)2-7(8)23(12,21)22/h3,7-9H,2,4H2,1H3,(H,17,18)(H,19,20)/p-2/t7?,8?,9-,12-/m0/s1. The molecule has 11 heteroatoms. The van der Waals surface area contributed by atoms with Crippen LogP contribution in [0.2, 0.25) is 0 Å². The minimum Gasteiger partial charge on any atom is -0.550 e. The second-order valence-electron chi connectivity index (χ2n) is 5.95. The lowest BCUT2D eigenvalue weighted by atomic mass is 9.70. The van der Waals surface area contributed by atoms with Crippen molar-refractivity contribution in [1.29, 1.82) is 0 Å². The molecule has 0 N–H and O–H groups in total. The first-order valence-corrected chi connectivity index (χ1v) is 8.22. The smallest absolute Gasteiger partial charge is 0.162 e. The molecule has 1 aliphatic heterocycles. The Labute approximate surface area is 130 Å². The fourth-order valence-electron chi connectivity index (χ4n) is 3.53. The van der Waals surface area contributed by atoms with E-state index < -0.39 is 61.6 Å². The molecule has 0 spiro atoms. The number of hydrogen-bond acceptors (Lipinski definition) is 9. The molecule has 0 aromatic carbocycles. The van der Waals surface area contributed by atoms with Crippen LogP contribution in [0.15, 0.2) is 6.20 Å². The molecule has 1 aliphatic carbocycles. The Hall–Kier alpha value is -2.30. The number of hydrogen-bond donors (Lipinski definition) is 0. The molecule has 4 atom stereocenters. The minimum absolute atomic E-state index is 0.239. The molecule has 1 aromatic heterocycles. The van der Waals surface area contributed by atoms with E-state index in [4.69, 9.17) is 0 Å². The fourth-order valence-corrected chi connectivity index (χ4v) is 6.20. The average molecular weight is 341 g/mol. The summed E-state index contributed by atoms with van der Waals surface area (Å²) in [6.45, 7) is 0.590. The van der Waals surface area contributed by atoms with Crippen LogP contribution in [0.5, 0.6) is 0 Å². The maximum Gasteiger partial charge on any atom is 0.162 e. The molecule has 0 bridgehead atoms. The maximum absolute atomic E-state index is 12.7. The Morgan fingerprint density at radius 1 is 1.43 bits per heavy atom. The lowest BCUT2D eigenvalue weighted by Crippen LogP contribution is -2.52. The Balaban J connectivity index is 2.10. The molecule has 2 heterocycles. The van der Waals surface area contributed by atoms with Gasteiger partial charge in [0.15, 0.2) is 9.84 Å². The topological polar surface area (TPSA) is 162 Å². The number of sulfone groups is 1. The van der Waals surface area contributed by atoms with E-state index in [1.807, 2.05) is 0 Å². The highest BCUT2D eigenvalue weighted by atomic mass is 32.2. The SMILES string of the molecule is C[C@]1(Cn2nncc2C(=O)[O-])[C@H](C(=O)[O-])C2C(=O)CC2S1(=O)=O. The number of carbonyl (C=O) groups is 3. The van der Waals surface area contributed by atoms with Gasteiger partial charge in [0.05, 0.1) is 28.7 Å². The summed E-state index contributed by atoms with van der Waals surface area (Å²) in [5.74, 6) is -6.47. The summed E-state index contributed by atoms with van der Waals surface area (Å²) in [7, 11) is -4.02. The predicted octanol–water partition coefficient (Wildman–Crippen LogP) is -3.85. The van der Waals surface area contributed by atoms with Gasteiger partial charge in [-0.2, -0.15) is 0 Å². The van der Waals surface area contributed by atoms with E-state index in [-0.39, 0.29) is 6.42 Å². The van der Waals surface area contributed by atoms with Gasteiger partial charge in [0.25, 0.3) is 0 Å². The molecular weight excluding hydrogens is 330 g/mol. The molecule has 1 saturated heterocycles. The monoisotopic (exact) mass is 341 g/mol. The molecule has 1 saturated carbocycles. The highest BCUT2D eigenvalue weighted by Gasteiger charge is 2.69. The van der Waals surface area contributed by atoms with Crippen molar-refractivity contribution in [3.8, 4) is 0 Å². The van der Waals surface area contributed by atoms with Gasteiger partial charge >= 0.3 is 0 Å². The van der Waals surface area contributed by atoms with Crippen molar-refractivity contribution in [3.63, 3.8) is 0 Å². The summed E-state index contributed by atoms with van der Waals surface area (Å²) in [6.07, 6.45) is 0.630. The van der Waals surface area contributed by atoms with Crippen LogP contribution in [0, 0.1) is 11.8 Å². The van der Waals surface area contributed by atoms with Gasteiger partial charge < -0.3 is 19.8 Å². The van der Waals surface area contributed by atoms with Gasteiger partial charge in [-0.3, -0.25) is 4.79 Å². The molecule has 23 heavy (non-hydrogen) atoms. The largest absolute Gasteiger partial charge is 0.550 e. The maximum atomic E-state index is 12.7. The number of nitrogens with zero attached hydrogens (tertiary/aromatic N) is 3. The minimum atomic E-state index is -4.02. The zero-order valence-corrected chi connectivity index (χ0v) is 12.6. The third-order valence-corrected chi connectivity index (χ3v) is 7.72. The van der Waals surface area contributed by atoms with E-state index >= 15 is 0 Å². The Kier molecular flexibility index (Phi) is 3.12. The first-order chi connectivity index (χ1) is 10.6. The van der Waals surface area contributed by atoms with Crippen LogP contribution in [0.1, 0.15) is 23.8 Å². The van der Waals surface area contributed by atoms with Gasteiger partial charge in [0.1, 0.15) is 11.5 Å². The number of aromatic carboxylic acids is 1. The summed E-state index contributed by atoms with van der Waals surface area (Å²) >= 11 is 0. The first-order valence-electron chi connectivity index (χ1n) is 6.68. The van der Waals surface area contributed by atoms with Crippen molar-refractivity contribution in [2.75, 3.05) is 0 Å². The summed E-state index contributed by atoms with van der Waals surface area (Å²) in [5.41, 5.74) is -0.482. The Morgan fingerprint density at radius 2 is 2.09 bits per heavy atom. The van der Waals surface area contributed by atoms with E-state index in [1.165, 1.54) is 0 Å². The predicted molar refractivity (Wildman–Crippen MR) is 67.1 cm³/mol. The van der Waals surface area contributed by atoms with Crippen LogP contribution in [-0.4, -0.2) is 51.1 Å². The zero-order valence-electron chi connectivity index (χ0n) is 11.8. The summed E-state index contributed by atoms with van der Waals surface area (Å²) in [4.78, 5) is 34.2. The van der Waals surface area contributed by atoms with Crippen molar-refractivity contribution in [2.45, 2.75) is 29.9 Å². The first kappa shape index (κ1) is 15.6. The summed E-state index contributed by atoms with van der Waals surface area (Å²) in [5, 5.41) is 28.2. The number of Topliss-reactive ketones (excluding diaryl/α,β-unsaturated/α-hetero) is 1. The highest BCUT2D eigenvalue weighted by molar-refractivity contribution is 7.94. The molecule has 124 valence electrons. The lowest BCUT2D eigenvalue weighted by Gasteiger charge is -2.33. The van der Waals surface area contributed by atoms with Crippen LogP contribution < -0.4 is 10.2 Å². The van der Waals surface area contributed by atoms with Gasteiger partial charge in [-0.25, -0.2) is 13.1 Å². The summed E-state index contributed by atoms with van der Waals surface area (Å²) < 4.78 is 24.2. The van der Waals surface area contributed by atoms with E-state index in [9.17, 15) is 33.0 Å². The molecule has 10 nitrogen and oxygen atoms in total. The number of carboxylic acids is 2. The average Bonchev–Trinajstić information content (AvgIpc) is 2.92. The van der Waals surface area contributed by atoms with E-state index in [0.29, 0.717) is 0 Å². The van der Waals surface area contributed by atoms with Crippen molar-refractivity contribution < 1.29 is 33.0 Å². The normalized spacial score (nSPS) is 34.7. The van der Waals surface area contributed by atoms with E-state index in [1.54, 1.807) is 0 Å². The van der Waals surface area contributed by atoms with Gasteiger partial charge in [-0.05, 0) is 6.92 Å². The molecule has 0 amide bonds. The van der Waals surface area contributed by atoms with Crippen molar-refractivity contribution in [1.82, 2.24) is 15.0 Å². The number of carboxylic acid groups (broad SMARTS) is 2. The number of rotatable bonds is 4. The quantitative estimate of drug-likeness (QED) is 0.533. The van der Waals surface area contributed by atoms with Crippen LogP contribution in [-0.2, 0) is 26.0 Å². The third kappa shape index (κ3) is 1.85. The Morgan fingerprint density at radius 3 is 2.61 bits per heavy atom. The molecule has 2 fully saturated rings. The third-order valence-electron chi connectivity index (χ3n) is 4.78. The number of carbonyl (C=O) groups excluding carboxylic acids is 3. The highest BCUT2D eigenvalue weighted by Crippen LogP contribution is 2.53. The van der Waals surface area contributed by atoms with E-state index in [2.05, 4.69) is 10.3 Å². The number of aliphatic carboxylic acids is 1. The zero-order chi connectivity index (χ0) is 17.2. The lowest BCUT2D eigenvalue weighted by molar-refractivity contribution is -0.314. The second kappa shape index (κ2) is 4.60. The van der Waals surface area contributed by atoms with Gasteiger partial charge in [-0.1, -0.05) is 5.21 Å². The van der Waals surface area contributed by atoms with Crippen molar-refractivity contribution >= 4 is 27.6 Å². The van der Waals surface area contributed by atoms with Crippen LogP contribution in [0.3, 0.4) is 0 Å². The van der Waals surface area contributed by atoms with E-state index in [0.717, 1.165) is 17.8 Å². The molecule has 3 rings (SSSR count). The van der Waals surface area contributed by atoms with Crippen molar-refractivity contribution in [2.24, 2.45) is 11.8 Å². The number of aromatic nitrogens is 3. The van der Waals surface area contributed by atoms with Gasteiger partial charge in [0.2, 0.25) is 0 Å². The summed E-state index contributed by atoms with van der Waals surface area (Å²) in [6, 6.07) is 0. The fraction of sp³-hybridized carbons (Fsp3) is 0.583. The molecular formula is C12H11N3O7S-2. The van der Waals surface area contributed by atoms with Crippen LogP contribution in [0.25, 0.3) is 0 Å². The van der Waals surface area contributed by atoms with Gasteiger partial charge in [-0.15, -0.1) is 5.10 Å². The number of fused-ring (bicyclic) bond motifs is 1. The van der Waals surface area contributed by atoms with Gasteiger partial charge in [0, 0.05) is 24.2 Å². The molecule has 2 aliphatic rings. The molecule has 0 radical (unpaired) electrons. The van der Waals surface area contributed by atoms with Crippen LogP contribution >= 0.6 is 0 Å². The van der Waals surface area contributed by atoms with Crippen molar-refractivity contribution in [3.05, 3.63) is 11.9 Å². The molecule has 2 unspecified atom stereocenters.